The van der Waals surface area contributed by atoms with Crippen molar-refractivity contribution in [3.05, 3.63) is 0 Å². The second-order valence-electron chi connectivity index (χ2n) is 5.58. The van der Waals surface area contributed by atoms with E-state index in [4.69, 9.17) is 5.41 Å². The van der Waals surface area contributed by atoms with Crippen LogP contribution < -0.4 is 0 Å². The molecule has 0 spiro atoms. The van der Waals surface area contributed by atoms with E-state index in [0.717, 1.165) is 24.8 Å². The average molecular weight is 222 g/mol. The Morgan fingerprint density at radius 3 is 2.56 bits per heavy atom. The maximum absolute atomic E-state index is 8.37. The van der Waals surface area contributed by atoms with Crippen molar-refractivity contribution >= 4 is 5.84 Å². The summed E-state index contributed by atoms with van der Waals surface area (Å²) >= 11 is 0. The van der Waals surface area contributed by atoms with Crippen LogP contribution in [0, 0.1) is 17.2 Å². The normalized spacial score (nSPS) is 28.1. The molecule has 1 aliphatic carbocycles. The molecule has 16 heavy (non-hydrogen) atoms. The van der Waals surface area contributed by atoms with Crippen molar-refractivity contribution < 1.29 is 0 Å². The minimum absolute atomic E-state index is 0.587. The third kappa shape index (κ3) is 2.78. The summed E-state index contributed by atoms with van der Waals surface area (Å²) in [6, 6.07) is 0. The molecule has 1 atom stereocenters. The highest BCUT2D eigenvalue weighted by Gasteiger charge is 2.26. The molecule has 2 heteroatoms. The molecule has 1 saturated carbocycles. The highest BCUT2D eigenvalue weighted by Crippen LogP contribution is 2.28. The van der Waals surface area contributed by atoms with Gasteiger partial charge in [-0.3, -0.25) is 5.41 Å². The van der Waals surface area contributed by atoms with Gasteiger partial charge in [-0.2, -0.15) is 0 Å². The number of nitrogens with one attached hydrogen (secondary N) is 1. The van der Waals surface area contributed by atoms with E-state index >= 15 is 0 Å². The molecule has 92 valence electrons. The summed E-state index contributed by atoms with van der Waals surface area (Å²) in [5, 5.41) is 8.37. The summed E-state index contributed by atoms with van der Waals surface area (Å²) in [7, 11) is 0. The number of likely N-dealkylation sites (tertiary alicyclic amines) is 1. The second kappa shape index (κ2) is 5.70. The van der Waals surface area contributed by atoms with Crippen molar-refractivity contribution in [2.75, 3.05) is 13.1 Å². The Bertz CT molecular complexity index is 231. The van der Waals surface area contributed by atoms with Gasteiger partial charge in [-0.25, -0.2) is 0 Å². The lowest BCUT2D eigenvalue weighted by molar-refractivity contribution is 0.236. The molecule has 0 aromatic carbocycles. The van der Waals surface area contributed by atoms with E-state index in [1.165, 1.54) is 51.4 Å². The van der Waals surface area contributed by atoms with Crippen LogP contribution >= 0.6 is 0 Å². The van der Waals surface area contributed by atoms with Crippen molar-refractivity contribution in [2.45, 2.75) is 58.3 Å². The summed E-state index contributed by atoms with van der Waals surface area (Å²) in [4.78, 5) is 2.38. The molecule has 1 N–H and O–H groups in total. The van der Waals surface area contributed by atoms with Gasteiger partial charge in [0.05, 0.1) is 5.84 Å². The monoisotopic (exact) mass is 222 g/mol. The van der Waals surface area contributed by atoms with Gasteiger partial charge >= 0.3 is 0 Å². The van der Waals surface area contributed by atoms with Crippen LogP contribution in [0.3, 0.4) is 0 Å². The summed E-state index contributed by atoms with van der Waals surface area (Å²) in [5.41, 5.74) is 0. The van der Waals surface area contributed by atoms with Crippen LogP contribution in [0.2, 0.25) is 0 Å². The van der Waals surface area contributed by atoms with Crippen LogP contribution in [-0.2, 0) is 0 Å². The molecule has 0 aromatic heterocycles. The van der Waals surface area contributed by atoms with Gasteiger partial charge in [0.25, 0.3) is 0 Å². The zero-order chi connectivity index (χ0) is 11.4. The van der Waals surface area contributed by atoms with Gasteiger partial charge in [-0.15, -0.1) is 0 Å². The minimum Gasteiger partial charge on any atom is -0.360 e. The smallest absolute Gasteiger partial charge is 0.0989 e. The Morgan fingerprint density at radius 1 is 1.12 bits per heavy atom. The first-order valence-electron chi connectivity index (χ1n) is 7.14. The summed E-state index contributed by atoms with van der Waals surface area (Å²) in [6.45, 7) is 4.59. The second-order valence-corrected chi connectivity index (χ2v) is 5.58. The molecule has 1 aliphatic heterocycles. The van der Waals surface area contributed by atoms with Gasteiger partial charge < -0.3 is 4.90 Å². The van der Waals surface area contributed by atoms with Gasteiger partial charge in [0.2, 0.25) is 0 Å². The number of nitrogens with zero attached hydrogens (tertiary/aromatic N) is 1. The van der Waals surface area contributed by atoms with E-state index in [9.17, 15) is 0 Å². The van der Waals surface area contributed by atoms with Crippen LogP contribution in [0.15, 0.2) is 0 Å². The fourth-order valence-corrected chi connectivity index (χ4v) is 3.25. The molecule has 2 nitrogen and oxygen atoms in total. The number of hydrogen-bond donors (Lipinski definition) is 1. The first-order valence-corrected chi connectivity index (χ1v) is 7.14. The lowest BCUT2D eigenvalue weighted by Gasteiger charge is -2.37. The predicted molar refractivity (Wildman–Crippen MR) is 68.9 cm³/mol. The molecule has 1 saturated heterocycles. The summed E-state index contributed by atoms with van der Waals surface area (Å²) in [6.07, 6.45) is 10.6. The van der Waals surface area contributed by atoms with E-state index in [0.29, 0.717) is 5.92 Å². The molecule has 0 amide bonds. The average Bonchev–Trinajstić information content (AvgIpc) is 2.39. The maximum atomic E-state index is 8.37. The number of amidine groups is 1. The third-order valence-electron chi connectivity index (χ3n) is 4.43. The van der Waals surface area contributed by atoms with E-state index in [1.54, 1.807) is 0 Å². The molecule has 1 heterocycles. The van der Waals surface area contributed by atoms with Crippen LogP contribution in [0.25, 0.3) is 0 Å². The Hall–Kier alpha value is -0.530. The van der Waals surface area contributed by atoms with Crippen molar-refractivity contribution in [3.63, 3.8) is 0 Å². The van der Waals surface area contributed by atoms with Crippen molar-refractivity contribution in [1.29, 1.82) is 5.41 Å². The fraction of sp³-hybridized carbons (Fsp3) is 0.929. The largest absolute Gasteiger partial charge is 0.360 e. The standard InChI is InChI=1S/C14H26N2/c1-2-12-7-6-10-16(11-12)14(15)13-8-4-3-5-9-13/h12-13,15H,2-11H2,1H3. The maximum Gasteiger partial charge on any atom is 0.0989 e. The Morgan fingerprint density at radius 2 is 1.88 bits per heavy atom. The predicted octanol–water partition coefficient (Wildman–Crippen LogP) is 3.67. The van der Waals surface area contributed by atoms with Gasteiger partial charge in [0.1, 0.15) is 0 Å². The van der Waals surface area contributed by atoms with Gasteiger partial charge in [0.15, 0.2) is 0 Å². The first kappa shape index (κ1) is 11.9. The van der Waals surface area contributed by atoms with E-state index in [-0.39, 0.29) is 0 Å². The van der Waals surface area contributed by atoms with E-state index in [1.807, 2.05) is 0 Å². The highest BCUT2D eigenvalue weighted by atomic mass is 15.2. The molecular formula is C14H26N2. The van der Waals surface area contributed by atoms with Crippen molar-refractivity contribution in [1.82, 2.24) is 4.90 Å². The minimum atomic E-state index is 0.587. The van der Waals surface area contributed by atoms with Crippen molar-refractivity contribution in [3.8, 4) is 0 Å². The van der Waals surface area contributed by atoms with E-state index < -0.39 is 0 Å². The topological polar surface area (TPSA) is 27.1 Å². The summed E-state index contributed by atoms with van der Waals surface area (Å²) in [5.74, 6) is 2.40. The number of hydrogen-bond acceptors (Lipinski definition) is 1. The van der Waals surface area contributed by atoms with Gasteiger partial charge in [0, 0.05) is 19.0 Å². The Labute approximate surface area is 99.9 Å². The SMILES string of the molecule is CCC1CCCN(C(=N)C2CCCCC2)C1. The molecule has 0 aromatic rings. The van der Waals surface area contributed by atoms with Crippen LogP contribution in [0.5, 0.6) is 0 Å². The molecule has 2 aliphatic rings. The van der Waals surface area contributed by atoms with Crippen LogP contribution in [-0.4, -0.2) is 23.8 Å². The zero-order valence-corrected chi connectivity index (χ0v) is 10.7. The quantitative estimate of drug-likeness (QED) is 0.560. The Kier molecular flexibility index (Phi) is 4.25. The van der Waals surface area contributed by atoms with Crippen LogP contribution in [0.4, 0.5) is 0 Å². The summed E-state index contributed by atoms with van der Waals surface area (Å²) < 4.78 is 0. The fourth-order valence-electron chi connectivity index (χ4n) is 3.25. The van der Waals surface area contributed by atoms with Gasteiger partial charge in [-0.1, -0.05) is 32.6 Å². The Balaban J connectivity index is 1.87. The van der Waals surface area contributed by atoms with Crippen molar-refractivity contribution in [2.24, 2.45) is 11.8 Å². The molecule has 0 radical (unpaired) electrons. The van der Waals surface area contributed by atoms with Gasteiger partial charge in [-0.05, 0) is 31.6 Å². The number of piperidine rings is 1. The highest BCUT2D eigenvalue weighted by molar-refractivity contribution is 5.81. The number of rotatable bonds is 2. The zero-order valence-electron chi connectivity index (χ0n) is 10.7. The molecule has 2 rings (SSSR count). The van der Waals surface area contributed by atoms with E-state index in [2.05, 4.69) is 11.8 Å². The first-order chi connectivity index (χ1) is 7.81. The molecule has 1 unspecified atom stereocenters. The molecule has 0 bridgehead atoms. The lowest BCUT2D eigenvalue weighted by Crippen LogP contribution is -2.42. The lowest BCUT2D eigenvalue weighted by atomic mass is 9.86. The third-order valence-corrected chi connectivity index (χ3v) is 4.43. The molecular weight excluding hydrogens is 196 g/mol. The molecule has 2 fully saturated rings. The van der Waals surface area contributed by atoms with Crippen LogP contribution in [0.1, 0.15) is 58.3 Å².